The molecule has 2 heterocycles. The molecule has 0 aliphatic heterocycles. The van der Waals surface area contributed by atoms with Crippen molar-refractivity contribution in [1.82, 2.24) is 15.0 Å². The SMILES string of the molecule is Cc1ncsc1CCOc1ncc(C=O)cn1. The molecular formula is C11H11N3O2S. The van der Waals surface area contributed by atoms with Crippen molar-refractivity contribution in [1.29, 1.82) is 0 Å². The van der Waals surface area contributed by atoms with Gasteiger partial charge in [-0.15, -0.1) is 11.3 Å². The molecule has 0 unspecified atom stereocenters. The molecule has 0 fully saturated rings. The van der Waals surface area contributed by atoms with Crippen molar-refractivity contribution in [2.75, 3.05) is 6.61 Å². The van der Waals surface area contributed by atoms with Gasteiger partial charge in [0, 0.05) is 23.7 Å². The second kappa shape index (κ2) is 5.49. The maximum atomic E-state index is 10.4. The second-order valence-corrected chi connectivity index (χ2v) is 4.32. The van der Waals surface area contributed by atoms with E-state index in [-0.39, 0.29) is 6.01 Å². The van der Waals surface area contributed by atoms with E-state index in [1.165, 1.54) is 17.3 Å². The number of hydrogen-bond donors (Lipinski definition) is 0. The Morgan fingerprint density at radius 1 is 1.35 bits per heavy atom. The summed E-state index contributed by atoms with van der Waals surface area (Å²) in [5.41, 5.74) is 3.30. The van der Waals surface area contributed by atoms with Crippen molar-refractivity contribution in [2.24, 2.45) is 0 Å². The number of aryl methyl sites for hydroxylation is 1. The van der Waals surface area contributed by atoms with Gasteiger partial charge in [-0.3, -0.25) is 4.79 Å². The second-order valence-electron chi connectivity index (χ2n) is 3.38. The fourth-order valence-corrected chi connectivity index (χ4v) is 2.03. The van der Waals surface area contributed by atoms with Gasteiger partial charge < -0.3 is 4.74 Å². The normalized spacial score (nSPS) is 10.2. The average molecular weight is 249 g/mol. The quantitative estimate of drug-likeness (QED) is 0.754. The molecule has 0 aliphatic rings. The smallest absolute Gasteiger partial charge is 0.316 e. The number of ether oxygens (including phenoxy) is 1. The minimum absolute atomic E-state index is 0.290. The highest BCUT2D eigenvalue weighted by molar-refractivity contribution is 7.09. The fraction of sp³-hybridized carbons (Fsp3) is 0.273. The van der Waals surface area contributed by atoms with E-state index in [0.717, 1.165) is 12.1 Å². The summed E-state index contributed by atoms with van der Waals surface area (Å²) >= 11 is 1.61. The summed E-state index contributed by atoms with van der Waals surface area (Å²) in [5.74, 6) is 0. The van der Waals surface area contributed by atoms with Gasteiger partial charge in [-0.05, 0) is 6.92 Å². The molecule has 0 atom stereocenters. The number of carbonyl (C=O) groups is 1. The van der Waals surface area contributed by atoms with Crippen LogP contribution in [0.15, 0.2) is 17.9 Å². The summed E-state index contributed by atoms with van der Waals surface area (Å²) in [5, 5.41) is 0. The van der Waals surface area contributed by atoms with Crippen LogP contribution in [0.25, 0.3) is 0 Å². The van der Waals surface area contributed by atoms with E-state index in [1.54, 1.807) is 11.3 Å². The lowest BCUT2D eigenvalue weighted by Gasteiger charge is -2.02. The Morgan fingerprint density at radius 2 is 2.12 bits per heavy atom. The Morgan fingerprint density at radius 3 is 2.71 bits per heavy atom. The Kier molecular flexibility index (Phi) is 3.77. The summed E-state index contributed by atoms with van der Waals surface area (Å²) in [4.78, 5) is 23.6. The average Bonchev–Trinajstić information content (AvgIpc) is 2.76. The van der Waals surface area contributed by atoms with Crippen molar-refractivity contribution in [3.63, 3.8) is 0 Å². The predicted molar refractivity (Wildman–Crippen MR) is 63.5 cm³/mol. The zero-order valence-corrected chi connectivity index (χ0v) is 10.1. The fourth-order valence-electron chi connectivity index (χ4n) is 1.26. The van der Waals surface area contributed by atoms with E-state index < -0.39 is 0 Å². The van der Waals surface area contributed by atoms with Crippen LogP contribution in [0.3, 0.4) is 0 Å². The van der Waals surface area contributed by atoms with E-state index in [0.29, 0.717) is 18.5 Å². The number of rotatable bonds is 5. The molecule has 2 aromatic heterocycles. The first kappa shape index (κ1) is 11.7. The van der Waals surface area contributed by atoms with Gasteiger partial charge in [0.25, 0.3) is 0 Å². The summed E-state index contributed by atoms with van der Waals surface area (Å²) in [6.07, 6.45) is 4.36. The highest BCUT2D eigenvalue weighted by Gasteiger charge is 2.03. The lowest BCUT2D eigenvalue weighted by Crippen LogP contribution is -2.04. The number of aldehydes is 1. The zero-order valence-electron chi connectivity index (χ0n) is 9.29. The van der Waals surface area contributed by atoms with E-state index in [9.17, 15) is 4.79 Å². The lowest BCUT2D eigenvalue weighted by molar-refractivity contribution is 0.112. The molecule has 2 rings (SSSR count). The van der Waals surface area contributed by atoms with Crippen molar-refractivity contribution in [2.45, 2.75) is 13.3 Å². The van der Waals surface area contributed by atoms with Gasteiger partial charge in [0.05, 0.1) is 23.4 Å². The van der Waals surface area contributed by atoms with Crippen molar-refractivity contribution < 1.29 is 9.53 Å². The third-order valence-corrected chi connectivity index (χ3v) is 3.18. The number of thiazole rings is 1. The van der Waals surface area contributed by atoms with E-state index in [2.05, 4.69) is 15.0 Å². The van der Waals surface area contributed by atoms with Crippen molar-refractivity contribution in [3.05, 3.63) is 34.0 Å². The molecule has 0 bridgehead atoms. The Balaban J connectivity index is 1.85. The molecule has 5 nitrogen and oxygen atoms in total. The van der Waals surface area contributed by atoms with Crippen LogP contribution in [0.4, 0.5) is 0 Å². The molecule has 88 valence electrons. The maximum absolute atomic E-state index is 10.4. The third kappa shape index (κ3) is 3.07. The third-order valence-electron chi connectivity index (χ3n) is 2.19. The molecule has 0 spiro atoms. The summed E-state index contributed by atoms with van der Waals surface area (Å²) in [6, 6.07) is 0.290. The van der Waals surface area contributed by atoms with E-state index >= 15 is 0 Å². The van der Waals surface area contributed by atoms with Gasteiger partial charge in [-0.2, -0.15) is 0 Å². The molecular weight excluding hydrogens is 238 g/mol. The molecule has 0 saturated carbocycles. The van der Waals surface area contributed by atoms with Crippen molar-refractivity contribution >= 4 is 17.6 Å². The molecule has 0 saturated heterocycles. The van der Waals surface area contributed by atoms with Gasteiger partial charge in [-0.25, -0.2) is 15.0 Å². The highest BCUT2D eigenvalue weighted by atomic mass is 32.1. The van der Waals surface area contributed by atoms with Crippen LogP contribution in [0.5, 0.6) is 6.01 Å². The number of carbonyl (C=O) groups excluding carboxylic acids is 1. The predicted octanol–water partition coefficient (Wildman–Crippen LogP) is 1.68. The largest absolute Gasteiger partial charge is 0.463 e. The molecule has 0 radical (unpaired) electrons. The lowest BCUT2D eigenvalue weighted by atomic mass is 10.3. The number of aromatic nitrogens is 3. The number of nitrogens with zero attached hydrogens (tertiary/aromatic N) is 3. The first-order valence-electron chi connectivity index (χ1n) is 5.08. The van der Waals surface area contributed by atoms with Gasteiger partial charge >= 0.3 is 6.01 Å². The van der Waals surface area contributed by atoms with Crippen LogP contribution >= 0.6 is 11.3 Å². The monoisotopic (exact) mass is 249 g/mol. The first-order valence-corrected chi connectivity index (χ1v) is 5.96. The zero-order chi connectivity index (χ0) is 12.1. The Hall–Kier alpha value is -1.82. The molecule has 2 aromatic rings. The summed E-state index contributed by atoms with van der Waals surface area (Å²) < 4.78 is 5.37. The molecule has 0 N–H and O–H groups in total. The molecule has 0 aliphatic carbocycles. The van der Waals surface area contributed by atoms with Crippen LogP contribution < -0.4 is 4.74 Å². The minimum Gasteiger partial charge on any atom is -0.463 e. The van der Waals surface area contributed by atoms with Crippen molar-refractivity contribution in [3.8, 4) is 6.01 Å². The number of hydrogen-bond acceptors (Lipinski definition) is 6. The molecule has 0 amide bonds. The maximum Gasteiger partial charge on any atom is 0.316 e. The first-order chi connectivity index (χ1) is 8.29. The van der Waals surface area contributed by atoms with Crippen LogP contribution in [0, 0.1) is 6.92 Å². The van der Waals surface area contributed by atoms with Gasteiger partial charge in [-0.1, -0.05) is 0 Å². The Labute approximate surface area is 103 Å². The standard InChI is InChI=1S/C11H11N3O2S/c1-8-10(17-7-14-8)2-3-16-11-12-4-9(6-15)5-13-11/h4-7H,2-3H2,1H3. The van der Waals surface area contributed by atoms with Crippen LogP contribution in [-0.2, 0) is 6.42 Å². The molecule has 0 aromatic carbocycles. The molecule has 6 heteroatoms. The Bertz CT molecular complexity index is 496. The summed E-state index contributed by atoms with van der Waals surface area (Å²) in [7, 11) is 0. The minimum atomic E-state index is 0.290. The van der Waals surface area contributed by atoms with Crippen LogP contribution in [0.2, 0.25) is 0 Å². The van der Waals surface area contributed by atoms with Gasteiger partial charge in [0.15, 0.2) is 6.29 Å². The van der Waals surface area contributed by atoms with Gasteiger partial charge in [0.1, 0.15) is 0 Å². The topological polar surface area (TPSA) is 65.0 Å². The summed E-state index contributed by atoms with van der Waals surface area (Å²) in [6.45, 7) is 2.48. The van der Waals surface area contributed by atoms with Gasteiger partial charge in [0.2, 0.25) is 0 Å². The molecule has 17 heavy (non-hydrogen) atoms. The van der Waals surface area contributed by atoms with E-state index in [4.69, 9.17) is 4.74 Å². The van der Waals surface area contributed by atoms with Crippen LogP contribution in [0.1, 0.15) is 20.9 Å². The van der Waals surface area contributed by atoms with E-state index in [1.807, 2.05) is 12.4 Å². The van der Waals surface area contributed by atoms with Crippen LogP contribution in [-0.4, -0.2) is 27.8 Å². The highest BCUT2D eigenvalue weighted by Crippen LogP contribution is 2.13.